The summed E-state index contributed by atoms with van der Waals surface area (Å²) >= 11 is 0. The van der Waals surface area contributed by atoms with Gasteiger partial charge in [-0.3, -0.25) is 15.0 Å². The zero-order valence-corrected chi connectivity index (χ0v) is 11.9. The van der Waals surface area contributed by atoms with E-state index in [0.29, 0.717) is 18.8 Å². The number of nitrogens with one attached hydrogen (secondary N) is 1. The Balaban J connectivity index is 2.43. The van der Waals surface area contributed by atoms with Gasteiger partial charge in [-0.15, -0.1) is 0 Å². The van der Waals surface area contributed by atoms with Gasteiger partial charge in [-0.2, -0.15) is 0 Å². The van der Waals surface area contributed by atoms with Gasteiger partial charge in [0.25, 0.3) is 0 Å². The molecule has 1 aliphatic rings. The van der Waals surface area contributed by atoms with Gasteiger partial charge >= 0.3 is 0 Å². The number of amides is 1. The van der Waals surface area contributed by atoms with E-state index in [-0.39, 0.29) is 11.9 Å². The van der Waals surface area contributed by atoms with Crippen LogP contribution < -0.4 is 5.32 Å². The van der Waals surface area contributed by atoms with E-state index in [1.807, 2.05) is 11.8 Å². The maximum absolute atomic E-state index is 11.9. The van der Waals surface area contributed by atoms with Crippen molar-refractivity contribution >= 4 is 5.91 Å². The molecule has 1 aliphatic heterocycles. The van der Waals surface area contributed by atoms with E-state index in [2.05, 4.69) is 37.9 Å². The molecule has 0 aliphatic carbocycles. The van der Waals surface area contributed by atoms with Gasteiger partial charge < -0.3 is 4.90 Å². The second-order valence-electron chi connectivity index (χ2n) is 5.35. The lowest BCUT2D eigenvalue weighted by Gasteiger charge is -2.32. The fourth-order valence-electron chi connectivity index (χ4n) is 2.46. The SMILES string of the molecule is CCC1NCN(CCN(C(C)C)C(C)C)C1=O. The summed E-state index contributed by atoms with van der Waals surface area (Å²) in [4.78, 5) is 16.3. The average Bonchev–Trinajstić information content (AvgIpc) is 2.59. The molecule has 0 aromatic rings. The molecule has 1 fully saturated rings. The van der Waals surface area contributed by atoms with Crippen molar-refractivity contribution in [1.29, 1.82) is 0 Å². The normalized spacial score (nSPS) is 21.3. The van der Waals surface area contributed by atoms with Gasteiger partial charge in [0.15, 0.2) is 0 Å². The molecule has 1 saturated heterocycles. The smallest absolute Gasteiger partial charge is 0.240 e. The van der Waals surface area contributed by atoms with Crippen molar-refractivity contribution in [3.05, 3.63) is 0 Å². The molecule has 0 bridgehead atoms. The van der Waals surface area contributed by atoms with Crippen LogP contribution in [0.1, 0.15) is 41.0 Å². The van der Waals surface area contributed by atoms with Gasteiger partial charge in [0.05, 0.1) is 12.7 Å². The molecule has 0 saturated carbocycles. The highest BCUT2D eigenvalue weighted by atomic mass is 16.2. The monoisotopic (exact) mass is 241 g/mol. The van der Waals surface area contributed by atoms with Crippen LogP contribution in [0.25, 0.3) is 0 Å². The van der Waals surface area contributed by atoms with Gasteiger partial charge in [-0.1, -0.05) is 6.92 Å². The molecule has 1 atom stereocenters. The fraction of sp³-hybridized carbons (Fsp3) is 0.923. The Morgan fingerprint density at radius 3 is 2.35 bits per heavy atom. The maximum atomic E-state index is 11.9. The summed E-state index contributed by atoms with van der Waals surface area (Å²) in [5, 5.41) is 3.25. The van der Waals surface area contributed by atoms with Crippen LogP contribution in [-0.2, 0) is 4.79 Å². The molecule has 1 amide bonds. The van der Waals surface area contributed by atoms with Crippen LogP contribution in [0.3, 0.4) is 0 Å². The zero-order valence-electron chi connectivity index (χ0n) is 11.9. The first-order valence-electron chi connectivity index (χ1n) is 6.75. The third kappa shape index (κ3) is 3.68. The van der Waals surface area contributed by atoms with E-state index < -0.39 is 0 Å². The Hall–Kier alpha value is -0.610. The van der Waals surface area contributed by atoms with Crippen molar-refractivity contribution in [2.45, 2.75) is 59.2 Å². The Morgan fingerprint density at radius 2 is 1.94 bits per heavy atom. The molecule has 0 spiro atoms. The van der Waals surface area contributed by atoms with Gasteiger partial charge in [0, 0.05) is 25.2 Å². The second-order valence-corrected chi connectivity index (χ2v) is 5.35. The van der Waals surface area contributed by atoms with Crippen molar-refractivity contribution < 1.29 is 4.79 Å². The first-order valence-corrected chi connectivity index (χ1v) is 6.75. The van der Waals surface area contributed by atoms with Crippen molar-refractivity contribution in [1.82, 2.24) is 15.1 Å². The minimum absolute atomic E-state index is 0.0431. The van der Waals surface area contributed by atoms with Crippen molar-refractivity contribution in [3.63, 3.8) is 0 Å². The number of carbonyl (C=O) groups is 1. The summed E-state index contributed by atoms with van der Waals surface area (Å²) in [6.07, 6.45) is 0.882. The summed E-state index contributed by atoms with van der Waals surface area (Å²) in [6.45, 7) is 13.4. The van der Waals surface area contributed by atoms with Gasteiger partial charge in [0.1, 0.15) is 0 Å². The molecule has 100 valence electrons. The molecule has 4 heteroatoms. The topological polar surface area (TPSA) is 35.6 Å². The lowest BCUT2D eigenvalue weighted by molar-refractivity contribution is -0.129. The lowest BCUT2D eigenvalue weighted by atomic mass is 10.2. The van der Waals surface area contributed by atoms with Crippen LogP contribution in [0.15, 0.2) is 0 Å². The number of nitrogens with zero attached hydrogens (tertiary/aromatic N) is 2. The molecule has 1 N–H and O–H groups in total. The first kappa shape index (κ1) is 14.5. The number of rotatable bonds is 6. The maximum Gasteiger partial charge on any atom is 0.240 e. The first-order chi connectivity index (χ1) is 7.97. The summed E-state index contributed by atoms with van der Waals surface area (Å²) in [5.41, 5.74) is 0. The predicted molar refractivity (Wildman–Crippen MR) is 70.8 cm³/mol. The Kier molecular flexibility index (Phi) is 5.40. The van der Waals surface area contributed by atoms with Gasteiger partial charge in [-0.05, 0) is 34.1 Å². The van der Waals surface area contributed by atoms with Crippen molar-refractivity contribution in [2.75, 3.05) is 19.8 Å². The summed E-state index contributed by atoms with van der Waals surface area (Å²) in [5.74, 6) is 0.264. The molecule has 0 aromatic heterocycles. The third-order valence-electron chi connectivity index (χ3n) is 3.50. The number of hydrogen-bond donors (Lipinski definition) is 1. The molecule has 0 aromatic carbocycles. The number of hydrogen-bond acceptors (Lipinski definition) is 3. The van der Waals surface area contributed by atoms with Gasteiger partial charge in [-0.25, -0.2) is 0 Å². The summed E-state index contributed by atoms with van der Waals surface area (Å²) in [6, 6.07) is 1.10. The minimum atomic E-state index is 0.0431. The average molecular weight is 241 g/mol. The van der Waals surface area contributed by atoms with Crippen LogP contribution in [0.2, 0.25) is 0 Å². The standard InChI is InChI=1S/C13H27N3O/c1-6-12-13(17)15(9-14-12)7-8-16(10(2)3)11(4)5/h10-12,14H,6-9H2,1-5H3. The van der Waals surface area contributed by atoms with E-state index in [1.165, 1.54) is 0 Å². The number of carbonyl (C=O) groups excluding carboxylic acids is 1. The quantitative estimate of drug-likeness (QED) is 0.761. The molecule has 0 radical (unpaired) electrons. The highest BCUT2D eigenvalue weighted by Gasteiger charge is 2.29. The Labute approximate surface area is 105 Å². The molecule has 1 heterocycles. The van der Waals surface area contributed by atoms with Gasteiger partial charge in [0.2, 0.25) is 5.91 Å². The predicted octanol–water partition coefficient (Wildman–Crippen LogP) is 1.27. The third-order valence-corrected chi connectivity index (χ3v) is 3.50. The van der Waals surface area contributed by atoms with Crippen LogP contribution >= 0.6 is 0 Å². The van der Waals surface area contributed by atoms with Crippen LogP contribution in [-0.4, -0.2) is 53.6 Å². The van der Waals surface area contributed by atoms with Crippen molar-refractivity contribution in [3.8, 4) is 0 Å². The van der Waals surface area contributed by atoms with Crippen LogP contribution in [0.5, 0.6) is 0 Å². The molecular formula is C13H27N3O. The largest absolute Gasteiger partial charge is 0.327 e. The van der Waals surface area contributed by atoms with E-state index >= 15 is 0 Å². The highest BCUT2D eigenvalue weighted by molar-refractivity contribution is 5.83. The molecule has 17 heavy (non-hydrogen) atoms. The molecular weight excluding hydrogens is 214 g/mol. The second kappa shape index (κ2) is 6.36. The highest BCUT2D eigenvalue weighted by Crippen LogP contribution is 2.09. The van der Waals surface area contributed by atoms with Crippen LogP contribution in [0.4, 0.5) is 0 Å². The summed E-state index contributed by atoms with van der Waals surface area (Å²) < 4.78 is 0. The Bertz CT molecular complexity index is 245. The zero-order chi connectivity index (χ0) is 13.0. The Morgan fingerprint density at radius 1 is 1.35 bits per heavy atom. The van der Waals surface area contributed by atoms with E-state index in [0.717, 1.165) is 19.5 Å². The minimum Gasteiger partial charge on any atom is -0.327 e. The fourth-order valence-corrected chi connectivity index (χ4v) is 2.46. The van der Waals surface area contributed by atoms with E-state index in [4.69, 9.17) is 0 Å². The van der Waals surface area contributed by atoms with E-state index in [9.17, 15) is 4.79 Å². The molecule has 1 unspecified atom stereocenters. The summed E-state index contributed by atoms with van der Waals surface area (Å²) in [7, 11) is 0. The molecule has 4 nitrogen and oxygen atoms in total. The van der Waals surface area contributed by atoms with E-state index in [1.54, 1.807) is 0 Å². The van der Waals surface area contributed by atoms with Crippen molar-refractivity contribution in [2.24, 2.45) is 0 Å². The molecule has 1 rings (SSSR count). The lowest BCUT2D eigenvalue weighted by Crippen LogP contribution is -2.43. The van der Waals surface area contributed by atoms with Crippen LogP contribution in [0, 0.1) is 0 Å².